The normalized spacial score (nSPS) is 12.4. The average molecular weight is 281 g/mol. The topological polar surface area (TPSA) is 85.9 Å². The second-order valence-electron chi connectivity index (χ2n) is 4.18. The Bertz CT molecular complexity index is 592. The predicted octanol–water partition coefficient (Wildman–Crippen LogP) is 2.52. The zero-order valence-electron chi connectivity index (χ0n) is 11.0. The third-order valence-corrected chi connectivity index (χ3v) is 3.97. The summed E-state index contributed by atoms with van der Waals surface area (Å²) < 4.78 is 1.42. The number of hydrogen-bond donors (Lipinski definition) is 1. The van der Waals surface area contributed by atoms with E-state index in [9.17, 15) is 10.1 Å². The van der Waals surface area contributed by atoms with Crippen LogP contribution in [0.25, 0.3) is 0 Å². The molecule has 1 unspecified atom stereocenters. The lowest BCUT2D eigenvalue weighted by molar-refractivity contribution is -0.384. The Kier molecular flexibility index (Phi) is 3.79. The van der Waals surface area contributed by atoms with Gasteiger partial charge in [-0.1, -0.05) is 6.92 Å². The molecule has 0 radical (unpaired) electrons. The van der Waals surface area contributed by atoms with Gasteiger partial charge in [0.05, 0.1) is 11.0 Å². The maximum absolute atomic E-state index is 10.9. The summed E-state index contributed by atoms with van der Waals surface area (Å²) >= 11 is 1.60. The Balaban J connectivity index is 2.18. The molecule has 0 amide bonds. The van der Waals surface area contributed by atoms with Gasteiger partial charge in [0.15, 0.2) is 0 Å². The van der Waals surface area contributed by atoms with E-state index in [-0.39, 0.29) is 17.5 Å². The van der Waals surface area contributed by atoms with Gasteiger partial charge in [0.1, 0.15) is 11.2 Å². The molecule has 7 nitrogen and oxygen atoms in total. The number of nitrogens with one attached hydrogen (secondary N) is 1. The van der Waals surface area contributed by atoms with Crippen LogP contribution in [0.1, 0.15) is 29.8 Å². The SMILES string of the molecule is CCc1cnc(C(C)Nc2nn(C)cc2[N+](=O)[O-])s1. The van der Waals surface area contributed by atoms with Gasteiger partial charge in [0.2, 0.25) is 5.82 Å². The second-order valence-corrected chi connectivity index (χ2v) is 5.32. The van der Waals surface area contributed by atoms with Gasteiger partial charge in [0.25, 0.3) is 0 Å². The molecule has 0 bridgehead atoms. The van der Waals surface area contributed by atoms with E-state index in [1.54, 1.807) is 18.4 Å². The quantitative estimate of drug-likeness (QED) is 0.672. The van der Waals surface area contributed by atoms with E-state index in [0.717, 1.165) is 11.4 Å². The fourth-order valence-electron chi connectivity index (χ4n) is 1.67. The molecule has 0 saturated carbocycles. The molecule has 2 aromatic rings. The van der Waals surface area contributed by atoms with Crippen molar-refractivity contribution in [2.45, 2.75) is 26.3 Å². The Hall–Kier alpha value is -1.96. The molecule has 1 atom stereocenters. The summed E-state index contributed by atoms with van der Waals surface area (Å²) in [5, 5.41) is 18.9. The number of anilines is 1. The van der Waals surface area contributed by atoms with Crippen LogP contribution in [-0.2, 0) is 13.5 Å². The van der Waals surface area contributed by atoms with Crippen molar-refractivity contribution >= 4 is 22.8 Å². The lowest BCUT2D eigenvalue weighted by Crippen LogP contribution is -2.08. The molecule has 2 heterocycles. The van der Waals surface area contributed by atoms with Crippen LogP contribution < -0.4 is 5.32 Å². The molecular weight excluding hydrogens is 266 g/mol. The van der Waals surface area contributed by atoms with Gasteiger partial charge >= 0.3 is 5.69 Å². The fraction of sp³-hybridized carbons (Fsp3) is 0.455. The van der Waals surface area contributed by atoms with E-state index >= 15 is 0 Å². The lowest BCUT2D eigenvalue weighted by Gasteiger charge is -2.09. The van der Waals surface area contributed by atoms with E-state index in [1.165, 1.54) is 15.8 Å². The van der Waals surface area contributed by atoms with Crippen LogP contribution in [0, 0.1) is 10.1 Å². The first kappa shape index (κ1) is 13.5. The van der Waals surface area contributed by atoms with E-state index in [4.69, 9.17) is 0 Å². The second kappa shape index (κ2) is 5.35. The van der Waals surface area contributed by atoms with Gasteiger partial charge in [-0.25, -0.2) is 4.98 Å². The van der Waals surface area contributed by atoms with Crippen molar-refractivity contribution in [3.8, 4) is 0 Å². The van der Waals surface area contributed by atoms with Gasteiger partial charge in [-0.05, 0) is 13.3 Å². The Labute approximate surface area is 114 Å². The minimum Gasteiger partial charge on any atom is -0.354 e. The van der Waals surface area contributed by atoms with Crippen molar-refractivity contribution in [3.63, 3.8) is 0 Å². The highest BCUT2D eigenvalue weighted by atomic mass is 32.1. The number of rotatable bonds is 5. The summed E-state index contributed by atoms with van der Waals surface area (Å²) in [6.45, 7) is 3.98. The molecule has 0 spiro atoms. The summed E-state index contributed by atoms with van der Waals surface area (Å²) in [6.07, 6.45) is 4.16. The average Bonchev–Trinajstić information content (AvgIpc) is 2.95. The molecule has 0 aliphatic heterocycles. The monoisotopic (exact) mass is 281 g/mol. The fourth-order valence-corrected chi connectivity index (χ4v) is 2.52. The molecule has 0 saturated heterocycles. The number of hydrogen-bond acceptors (Lipinski definition) is 6. The number of aromatic nitrogens is 3. The summed E-state index contributed by atoms with van der Waals surface area (Å²) in [4.78, 5) is 16.0. The first-order valence-corrected chi connectivity index (χ1v) is 6.72. The molecule has 19 heavy (non-hydrogen) atoms. The zero-order chi connectivity index (χ0) is 14.0. The highest BCUT2D eigenvalue weighted by molar-refractivity contribution is 7.11. The molecule has 2 rings (SSSR count). The van der Waals surface area contributed by atoms with Crippen LogP contribution in [0.15, 0.2) is 12.4 Å². The van der Waals surface area contributed by atoms with E-state index in [2.05, 4.69) is 22.3 Å². The highest BCUT2D eigenvalue weighted by Crippen LogP contribution is 2.28. The maximum Gasteiger partial charge on any atom is 0.330 e. The highest BCUT2D eigenvalue weighted by Gasteiger charge is 2.21. The van der Waals surface area contributed by atoms with E-state index in [0.29, 0.717) is 0 Å². The molecule has 0 aliphatic rings. The van der Waals surface area contributed by atoms with Crippen LogP contribution in [0.2, 0.25) is 0 Å². The molecular formula is C11H15N5O2S. The molecule has 0 fully saturated rings. The van der Waals surface area contributed by atoms with Crippen molar-refractivity contribution in [2.75, 3.05) is 5.32 Å². The van der Waals surface area contributed by atoms with Crippen molar-refractivity contribution in [1.82, 2.24) is 14.8 Å². The standard InChI is InChI=1S/C11H15N5O2S/c1-4-8-5-12-11(19-8)7(2)13-10-9(16(17)18)6-15(3)14-10/h5-7H,4H2,1-3H3,(H,13,14). The van der Waals surface area contributed by atoms with Crippen LogP contribution in [0.5, 0.6) is 0 Å². The largest absolute Gasteiger partial charge is 0.354 e. The summed E-state index contributed by atoms with van der Waals surface area (Å²) in [7, 11) is 1.65. The van der Waals surface area contributed by atoms with Crippen LogP contribution in [0.4, 0.5) is 11.5 Å². The van der Waals surface area contributed by atoms with Gasteiger partial charge in [0, 0.05) is 18.1 Å². The minimum absolute atomic E-state index is 0.0263. The third kappa shape index (κ3) is 2.90. The van der Waals surface area contributed by atoms with Crippen LogP contribution >= 0.6 is 11.3 Å². The predicted molar refractivity (Wildman–Crippen MR) is 73.4 cm³/mol. The molecule has 8 heteroatoms. The Morgan fingerprint density at radius 3 is 2.95 bits per heavy atom. The minimum atomic E-state index is -0.443. The van der Waals surface area contributed by atoms with Gasteiger partial charge in [-0.2, -0.15) is 0 Å². The number of nitrogens with zero attached hydrogens (tertiary/aromatic N) is 4. The molecule has 102 valence electrons. The molecule has 2 aromatic heterocycles. The zero-order valence-corrected chi connectivity index (χ0v) is 11.8. The van der Waals surface area contributed by atoms with Gasteiger partial charge in [-0.15, -0.1) is 16.4 Å². The van der Waals surface area contributed by atoms with Crippen molar-refractivity contribution in [3.05, 3.63) is 32.4 Å². The Morgan fingerprint density at radius 1 is 1.63 bits per heavy atom. The number of thiazole rings is 1. The van der Waals surface area contributed by atoms with Crippen LogP contribution in [0.3, 0.4) is 0 Å². The van der Waals surface area contributed by atoms with Crippen molar-refractivity contribution < 1.29 is 4.92 Å². The molecule has 0 aromatic carbocycles. The summed E-state index contributed by atoms with van der Waals surface area (Å²) in [5.41, 5.74) is -0.0263. The maximum atomic E-state index is 10.9. The first-order valence-electron chi connectivity index (χ1n) is 5.90. The number of aryl methyl sites for hydroxylation is 2. The van der Waals surface area contributed by atoms with Crippen molar-refractivity contribution in [1.29, 1.82) is 0 Å². The smallest absolute Gasteiger partial charge is 0.330 e. The third-order valence-electron chi connectivity index (χ3n) is 2.65. The Morgan fingerprint density at radius 2 is 2.37 bits per heavy atom. The summed E-state index contributed by atoms with van der Waals surface area (Å²) in [6, 6.07) is -0.112. The van der Waals surface area contributed by atoms with E-state index in [1.807, 2.05) is 13.1 Å². The summed E-state index contributed by atoms with van der Waals surface area (Å²) in [5.74, 6) is 0.272. The van der Waals surface area contributed by atoms with Gasteiger partial charge < -0.3 is 5.32 Å². The van der Waals surface area contributed by atoms with Gasteiger partial charge in [-0.3, -0.25) is 14.8 Å². The number of nitro groups is 1. The van der Waals surface area contributed by atoms with Crippen LogP contribution in [-0.4, -0.2) is 19.7 Å². The van der Waals surface area contributed by atoms with Crippen molar-refractivity contribution in [2.24, 2.45) is 7.05 Å². The lowest BCUT2D eigenvalue weighted by atomic mass is 10.3. The first-order chi connectivity index (χ1) is 9.01. The molecule has 1 N–H and O–H groups in total. The molecule has 0 aliphatic carbocycles. The van der Waals surface area contributed by atoms with E-state index < -0.39 is 4.92 Å².